The quantitative estimate of drug-likeness (QED) is 0.494. The summed E-state index contributed by atoms with van der Waals surface area (Å²) in [4.78, 5) is 18.5. The minimum absolute atomic E-state index is 0.0420. The fourth-order valence-electron chi connectivity index (χ4n) is 2.08. The van der Waals surface area contributed by atoms with Gasteiger partial charge in [-0.3, -0.25) is 9.79 Å². The van der Waals surface area contributed by atoms with Crippen LogP contribution in [0.4, 0.5) is 0 Å². The van der Waals surface area contributed by atoms with Crippen LogP contribution in [0.15, 0.2) is 29.3 Å². The minimum atomic E-state index is -0.0420. The Morgan fingerprint density at radius 3 is 2.52 bits per heavy atom. The number of carbonyl (C=O) groups excluding carboxylic acids is 1. The van der Waals surface area contributed by atoms with E-state index in [4.69, 9.17) is 0 Å². The summed E-state index contributed by atoms with van der Waals surface area (Å²) in [5.74, 6) is 1.24. The smallest absolute Gasteiger partial charge is 0.251 e. The highest BCUT2D eigenvalue weighted by Crippen LogP contribution is 2.05. The van der Waals surface area contributed by atoms with Crippen LogP contribution in [0.3, 0.4) is 0 Å². The predicted molar refractivity (Wildman–Crippen MR) is 105 cm³/mol. The number of hydrogen-bond donors (Lipinski definition) is 3. The Kier molecular flexibility index (Phi) is 8.99. The lowest BCUT2D eigenvalue weighted by atomic mass is 10.1. The van der Waals surface area contributed by atoms with E-state index >= 15 is 0 Å². The molecule has 1 aromatic carbocycles. The third-order valence-corrected chi connectivity index (χ3v) is 4.08. The molecule has 6 heteroatoms. The first-order valence-electron chi connectivity index (χ1n) is 8.82. The summed E-state index contributed by atoms with van der Waals surface area (Å²) in [6, 6.07) is 7.99. The molecule has 1 aromatic rings. The number of guanidine groups is 1. The van der Waals surface area contributed by atoms with Crippen molar-refractivity contribution in [3.05, 3.63) is 35.4 Å². The first-order chi connectivity index (χ1) is 11.8. The zero-order valence-electron chi connectivity index (χ0n) is 16.4. The van der Waals surface area contributed by atoms with Gasteiger partial charge in [-0.05, 0) is 44.6 Å². The molecule has 140 valence electrons. The summed E-state index contributed by atoms with van der Waals surface area (Å²) in [6.45, 7) is 8.55. The number of rotatable bonds is 8. The van der Waals surface area contributed by atoms with E-state index in [-0.39, 0.29) is 5.91 Å². The van der Waals surface area contributed by atoms with Crippen molar-refractivity contribution < 1.29 is 4.79 Å². The summed E-state index contributed by atoms with van der Waals surface area (Å²) in [5, 5.41) is 9.60. The van der Waals surface area contributed by atoms with Crippen LogP contribution in [0.25, 0.3) is 0 Å². The van der Waals surface area contributed by atoms with Gasteiger partial charge in [-0.2, -0.15) is 0 Å². The Hall–Kier alpha value is -2.08. The van der Waals surface area contributed by atoms with Gasteiger partial charge in [0.2, 0.25) is 0 Å². The summed E-state index contributed by atoms with van der Waals surface area (Å²) in [7, 11) is 5.73. The van der Waals surface area contributed by atoms with Crippen molar-refractivity contribution in [2.75, 3.05) is 34.2 Å². The summed E-state index contributed by atoms with van der Waals surface area (Å²) in [5.41, 5.74) is 1.72. The first-order valence-corrected chi connectivity index (χ1v) is 8.82. The van der Waals surface area contributed by atoms with E-state index in [0.717, 1.165) is 18.1 Å². The van der Waals surface area contributed by atoms with E-state index in [1.54, 1.807) is 7.05 Å². The molecular formula is C19H33N5O. The van der Waals surface area contributed by atoms with Crippen molar-refractivity contribution in [3.8, 4) is 0 Å². The largest absolute Gasteiger partial charge is 0.354 e. The highest BCUT2D eigenvalue weighted by molar-refractivity contribution is 5.94. The fraction of sp³-hybridized carbons (Fsp3) is 0.579. The van der Waals surface area contributed by atoms with Crippen LogP contribution in [0.2, 0.25) is 0 Å². The number of nitrogens with zero attached hydrogens (tertiary/aromatic N) is 2. The molecule has 25 heavy (non-hydrogen) atoms. The lowest BCUT2D eigenvalue weighted by Gasteiger charge is -2.20. The first kappa shape index (κ1) is 21.0. The van der Waals surface area contributed by atoms with Gasteiger partial charge in [0, 0.05) is 38.3 Å². The second-order valence-electron chi connectivity index (χ2n) is 6.86. The maximum atomic E-state index is 12.2. The lowest BCUT2D eigenvalue weighted by molar-refractivity contribution is 0.0951. The van der Waals surface area contributed by atoms with Crippen molar-refractivity contribution in [3.63, 3.8) is 0 Å². The molecule has 1 unspecified atom stereocenters. The second-order valence-corrected chi connectivity index (χ2v) is 6.86. The summed E-state index contributed by atoms with van der Waals surface area (Å²) in [6.07, 6.45) is 0. The van der Waals surface area contributed by atoms with Gasteiger partial charge in [0.25, 0.3) is 5.91 Å². The molecule has 0 aliphatic carbocycles. The molecule has 0 aliphatic heterocycles. The highest BCUT2D eigenvalue weighted by Gasteiger charge is 2.09. The molecular weight excluding hydrogens is 314 g/mol. The van der Waals surface area contributed by atoms with Gasteiger partial charge >= 0.3 is 0 Å². The minimum Gasteiger partial charge on any atom is -0.354 e. The third-order valence-electron chi connectivity index (χ3n) is 4.08. The Balaban J connectivity index is 2.58. The van der Waals surface area contributed by atoms with Crippen LogP contribution in [0, 0.1) is 5.92 Å². The standard InChI is InChI=1S/C19H33N5O/c1-14(2)15(3)23-19(20-4)22-13-16-8-7-9-17(12-16)18(25)21-10-11-24(5)6/h7-9,12,14-15H,10-11,13H2,1-6H3,(H,21,25)(H2,20,22,23). The van der Waals surface area contributed by atoms with Gasteiger partial charge in [0.15, 0.2) is 5.96 Å². The Labute approximate surface area is 152 Å². The Morgan fingerprint density at radius 2 is 1.92 bits per heavy atom. The number of carbonyl (C=O) groups is 1. The number of likely N-dealkylation sites (N-methyl/N-ethyl adjacent to an activating group) is 1. The molecule has 0 aromatic heterocycles. The fourth-order valence-corrected chi connectivity index (χ4v) is 2.08. The lowest BCUT2D eigenvalue weighted by Crippen LogP contribution is -2.43. The molecule has 0 fully saturated rings. The number of aliphatic imine (C=N–C) groups is 1. The van der Waals surface area contributed by atoms with Gasteiger partial charge in [0.1, 0.15) is 0 Å². The monoisotopic (exact) mass is 347 g/mol. The zero-order chi connectivity index (χ0) is 18.8. The van der Waals surface area contributed by atoms with Crippen LogP contribution in [-0.2, 0) is 6.54 Å². The zero-order valence-corrected chi connectivity index (χ0v) is 16.4. The van der Waals surface area contributed by atoms with E-state index in [0.29, 0.717) is 30.6 Å². The maximum absolute atomic E-state index is 12.2. The predicted octanol–water partition coefficient (Wildman–Crippen LogP) is 1.69. The van der Waals surface area contributed by atoms with E-state index in [1.165, 1.54) is 0 Å². The number of benzene rings is 1. The molecule has 3 N–H and O–H groups in total. The van der Waals surface area contributed by atoms with E-state index in [1.807, 2.05) is 43.3 Å². The number of hydrogen-bond acceptors (Lipinski definition) is 3. The SMILES string of the molecule is CN=C(NCc1cccc(C(=O)NCCN(C)C)c1)NC(C)C(C)C. The van der Waals surface area contributed by atoms with Gasteiger partial charge in [-0.15, -0.1) is 0 Å². The molecule has 0 radical (unpaired) electrons. The van der Waals surface area contributed by atoms with Crippen LogP contribution in [-0.4, -0.2) is 57.0 Å². The van der Waals surface area contributed by atoms with Gasteiger partial charge in [-0.1, -0.05) is 26.0 Å². The summed E-state index contributed by atoms with van der Waals surface area (Å²) >= 11 is 0. The van der Waals surface area contributed by atoms with Crippen molar-refractivity contribution in [2.24, 2.45) is 10.9 Å². The Morgan fingerprint density at radius 1 is 1.20 bits per heavy atom. The van der Waals surface area contributed by atoms with Crippen LogP contribution in [0.5, 0.6) is 0 Å². The van der Waals surface area contributed by atoms with Crippen molar-refractivity contribution >= 4 is 11.9 Å². The molecule has 1 atom stereocenters. The maximum Gasteiger partial charge on any atom is 0.251 e. The molecule has 0 aliphatic rings. The molecule has 0 bridgehead atoms. The second kappa shape index (κ2) is 10.7. The average molecular weight is 348 g/mol. The molecule has 0 saturated heterocycles. The molecule has 1 rings (SSSR count). The molecule has 0 spiro atoms. The highest BCUT2D eigenvalue weighted by atomic mass is 16.1. The summed E-state index contributed by atoms with van der Waals surface area (Å²) < 4.78 is 0. The molecule has 0 saturated carbocycles. The van der Waals surface area contributed by atoms with E-state index in [9.17, 15) is 4.79 Å². The Bertz CT molecular complexity index is 569. The number of nitrogens with one attached hydrogen (secondary N) is 3. The number of amides is 1. The van der Waals surface area contributed by atoms with Crippen molar-refractivity contribution in [2.45, 2.75) is 33.4 Å². The van der Waals surface area contributed by atoms with Crippen LogP contribution in [0.1, 0.15) is 36.7 Å². The van der Waals surface area contributed by atoms with Crippen LogP contribution >= 0.6 is 0 Å². The van der Waals surface area contributed by atoms with E-state index < -0.39 is 0 Å². The average Bonchev–Trinajstić information content (AvgIpc) is 2.58. The molecule has 6 nitrogen and oxygen atoms in total. The molecule has 1 amide bonds. The van der Waals surface area contributed by atoms with Gasteiger partial charge in [-0.25, -0.2) is 0 Å². The van der Waals surface area contributed by atoms with Crippen molar-refractivity contribution in [1.29, 1.82) is 0 Å². The van der Waals surface area contributed by atoms with Gasteiger partial charge < -0.3 is 20.9 Å². The topological polar surface area (TPSA) is 68.8 Å². The van der Waals surface area contributed by atoms with E-state index in [2.05, 4.69) is 41.7 Å². The van der Waals surface area contributed by atoms with Gasteiger partial charge in [0.05, 0.1) is 0 Å². The normalized spacial score (nSPS) is 13.0. The third kappa shape index (κ3) is 8.03. The van der Waals surface area contributed by atoms with Crippen molar-refractivity contribution in [1.82, 2.24) is 20.9 Å². The molecule has 0 heterocycles. The van der Waals surface area contributed by atoms with Crippen LogP contribution < -0.4 is 16.0 Å².